The number of fused-ring (bicyclic) bond motifs is 1. The maximum Gasteiger partial charge on any atom is 0.0375 e. The minimum Gasteiger partial charge on any atom is -0.385 e. The minimum atomic E-state index is 0.883. The quantitative estimate of drug-likeness (QED) is 0.688. The van der Waals surface area contributed by atoms with Gasteiger partial charge >= 0.3 is 0 Å². The van der Waals surface area contributed by atoms with Gasteiger partial charge in [0.1, 0.15) is 0 Å². The first-order valence-corrected chi connectivity index (χ1v) is 5.30. The first-order valence-electron chi connectivity index (χ1n) is 5.30. The van der Waals surface area contributed by atoms with Crippen LogP contribution in [-0.4, -0.2) is 6.54 Å². The summed E-state index contributed by atoms with van der Waals surface area (Å²) in [5.41, 5.74) is 4.46. The van der Waals surface area contributed by atoms with E-state index in [2.05, 4.69) is 23.5 Å². The van der Waals surface area contributed by atoms with Crippen molar-refractivity contribution >= 4 is 5.69 Å². The molecule has 1 fully saturated rings. The third kappa shape index (κ3) is 1.32. The van der Waals surface area contributed by atoms with Crippen LogP contribution in [0.15, 0.2) is 18.2 Å². The SMILES string of the molecule is c1cc2c(cc1C1CC1)NCCC2. The van der Waals surface area contributed by atoms with Crippen LogP contribution in [0.5, 0.6) is 0 Å². The molecule has 3 rings (SSSR count). The van der Waals surface area contributed by atoms with Gasteiger partial charge in [-0.1, -0.05) is 12.1 Å². The van der Waals surface area contributed by atoms with E-state index in [4.69, 9.17) is 0 Å². The number of hydrogen-bond donors (Lipinski definition) is 1. The van der Waals surface area contributed by atoms with Gasteiger partial charge in [0.25, 0.3) is 0 Å². The van der Waals surface area contributed by atoms with Crippen LogP contribution in [0.2, 0.25) is 0 Å². The van der Waals surface area contributed by atoms with E-state index in [1.807, 2.05) is 0 Å². The fourth-order valence-electron chi connectivity index (χ4n) is 2.15. The molecule has 68 valence electrons. The smallest absolute Gasteiger partial charge is 0.0375 e. The first-order chi connectivity index (χ1) is 6.43. The van der Waals surface area contributed by atoms with Crippen molar-refractivity contribution in [3.8, 4) is 0 Å². The van der Waals surface area contributed by atoms with Crippen LogP contribution in [0.4, 0.5) is 5.69 Å². The van der Waals surface area contributed by atoms with Crippen LogP contribution in [-0.2, 0) is 6.42 Å². The van der Waals surface area contributed by atoms with Crippen molar-refractivity contribution in [2.75, 3.05) is 11.9 Å². The molecule has 0 amide bonds. The molecule has 1 aromatic rings. The molecular weight excluding hydrogens is 158 g/mol. The van der Waals surface area contributed by atoms with E-state index in [1.165, 1.54) is 36.9 Å². The fraction of sp³-hybridized carbons (Fsp3) is 0.500. The zero-order valence-electron chi connectivity index (χ0n) is 7.84. The van der Waals surface area contributed by atoms with Gasteiger partial charge in [0.2, 0.25) is 0 Å². The number of hydrogen-bond acceptors (Lipinski definition) is 1. The summed E-state index contributed by atoms with van der Waals surface area (Å²) in [5, 5.41) is 3.49. The maximum atomic E-state index is 3.49. The molecule has 2 aliphatic rings. The Balaban J connectivity index is 1.98. The molecule has 1 heterocycles. The maximum absolute atomic E-state index is 3.49. The molecule has 1 heteroatoms. The summed E-state index contributed by atoms with van der Waals surface area (Å²) in [5.74, 6) is 0.883. The van der Waals surface area contributed by atoms with Crippen molar-refractivity contribution in [1.29, 1.82) is 0 Å². The van der Waals surface area contributed by atoms with Crippen molar-refractivity contribution < 1.29 is 0 Å². The van der Waals surface area contributed by atoms with E-state index in [-0.39, 0.29) is 0 Å². The van der Waals surface area contributed by atoms with Gasteiger partial charge in [0.15, 0.2) is 0 Å². The average Bonchev–Trinajstić information content (AvgIpc) is 3.00. The topological polar surface area (TPSA) is 12.0 Å². The molecule has 0 atom stereocenters. The summed E-state index contributed by atoms with van der Waals surface area (Å²) in [6, 6.07) is 7.00. The van der Waals surface area contributed by atoms with Crippen LogP contribution < -0.4 is 5.32 Å². The number of nitrogens with one attached hydrogen (secondary N) is 1. The molecule has 0 aromatic heterocycles. The van der Waals surface area contributed by atoms with Crippen LogP contribution in [0.1, 0.15) is 36.3 Å². The zero-order valence-corrected chi connectivity index (χ0v) is 7.84. The highest BCUT2D eigenvalue weighted by molar-refractivity contribution is 5.55. The molecule has 1 aliphatic carbocycles. The van der Waals surface area contributed by atoms with E-state index >= 15 is 0 Å². The van der Waals surface area contributed by atoms with E-state index in [0.29, 0.717) is 0 Å². The molecule has 13 heavy (non-hydrogen) atoms. The Morgan fingerprint density at radius 2 is 2.15 bits per heavy atom. The van der Waals surface area contributed by atoms with Crippen LogP contribution in [0, 0.1) is 0 Å². The highest BCUT2D eigenvalue weighted by Crippen LogP contribution is 2.41. The Kier molecular flexibility index (Phi) is 1.58. The monoisotopic (exact) mass is 173 g/mol. The van der Waals surface area contributed by atoms with Gasteiger partial charge in [-0.15, -0.1) is 0 Å². The second-order valence-corrected chi connectivity index (χ2v) is 4.22. The van der Waals surface area contributed by atoms with Gasteiger partial charge in [-0.25, -0.2) is 0 Å². The number of benzene rings is 1. The molecule has 1 aromatic carbocycles. The summed E-state index contributed by atoms with van der Waals surface area (Å²) in [7, 11) is 0. The minimum absolute atomic E-state index is 0.883. The van der Waals surface area contributed by atoms with Crippen LogP contribution >= 0.6 is 0 Å². The number of aryl methyl sites for hydroxylation is 1. The zero-order chi connectivity index (χ0) is 8.67. The Labute approximate surface area is 79.2 Å². The van der Waals surface area contributed by atoms with Crippen molar-refractivity contribution in [2.24, 2.45) is 0 Å². The molecule has 0 unspecified atom stereocenters. The molecule has 1 aliphatic heterocycles. The highest BCUT2D eigenvalue weighted by Gasteiger charge is 2.24. The predicted octanol–water partition coefficient (Wildman–Crippen LogP) is 2.92. The summed E-state index contributed by atoms with van der Waals surface area (Å²) in [6.45, 7) is 1.15. The van der Waals surface area contributed by atoms with Crippen molar-refractivity contribution in [3.63, 3.8) is 0 Å². The summed E-state index contributed by atoms with van der Waals surface area (Å²) in [6.07, 6.45) is 5.35. The van der Waals surface area contributed by atoms with Gasteiger partial charge in [-0.3, -0.25) is 0 Å². The number of rotatable bonds is 1. The molecule has 0 saturated heterocycles. The predicted molar refractivity (Wildman–Crippen MR) is 55.2 cm³/mol. The van der Waals surface area contributed by atoms with Crippen LogP contribution in [0.3, 0.4) is 0 Å². The largest absolute Gasteiger partial charge is 0.385 e. The lowest BCUT2D eigenvalue weighted by Crippen LogP contribution is -2.11. The second kappa shape index (κ2) is 2.76. The Bertz CT molecular complexity index is 326. The van der Waals surface area contributed by atoms with E-state index < -0.39 is 0 Å². The standard InChI is InChI=1S/C12H15N/c1-2-10-5-6-11(9-3-4-9)8-12(10)13-7-1/h5-6,8-9,13H,1-4,7H2. The van der Waals surface area contributed by atoms with Gasteiger partial charge in [0.05, 0.1) is 0 Å². The Hall–Kier alpha value is -0.980. The summed E-state index contributed by atoms with van der Waals surface area (Å²) >= 11 is 0. The highest BCUT2D eigenvalue weighted by atomic mass is 14.9. The lowest BCUT2D eigenvalue weighted by molar-refractivity contribution is 0.828. The van der Waals surface area contributed by atoms with Gasteiger partial charge in [-0.2, -0.15) is 0 Å². The molecule has 0 spiro atoms. The van der Waals surface area contributed by atoms with E-state index in [0.717, 1.165) is 12.5 Å². The molecule has 1 nitrogen and oxygen atoms in total. The average molecular weight is 173 g/mol. The van der Waals surface area contributed by atoms with Gasteiger partial charge in [-0.05, 0) is 48.8 Å². The molecule has 1 saturated carbocycles. The third-order valence-electron chi connectivity index (χ3n) is 3.12. The normalized spacial score (nSPS) is 20.6. The molecule has 0 radical (unpaired) electrons. The summed E-state index contributed by atoms with van der Waals surface area (Å²) in [4.78, 5) is 0. The second-order valence-electron chi connectivity index (χ2n) is 4.22. The fourth-order valence-corrected chi connectivity index (χ4v) is 2.15. The Morgan fingerprint density at radius 1 is 1.23 bits per heavy atom. The van der Waals surface area contributed by atoms with Crippen molar-refractivity contribution in [1.82, 2.24) is 0 Å². The summed E-state index contributed by atoms with van der Waals surface area (Å²) < 4.78 is 0. The Morgan fingerprint density at radius 3 is 3.00 bits per heavy atom. The van der Waals surface area contributed by atoms with Gasteiger partial charge < -0.3 is 5.32 Å². The lowest BCUT2D eigenvalue weighted by Gasteiger charge is -2.18. The lowest BCUT2D eigenvalue weighted by atomic mass is 10.00. The van der Waals surface area contributed by atoms with Crippen molar-refractivity contribution in [2.45, 2.75) is 31.6 Å². The molecule has 1 N–H and O–H groups in total. The van der Waals surface area contributed by atoms with E-state index in [1.54, 1.807) is 5.56 Å². The van der Waals surface area contributed by atoms with Crippen LogP contribution in [0.25, 0.3) is 0 Å². The first kappa shape index (κ1) is 7.43. The van der Waals surface area contributed by atoms with Crippen molar-refractivity contribution in [3.05, 3.63) is 29.3 Å². The van der Waals surface area contributed by atoms with E-state index in [9.17, 15) is 0 Å². The molecular formula is C12H15N. The third-order valence-corrected chi connectivity index (χ3v) is 3.12. The molecule has 0 bridgehead atoms. The van der Waals surface area contributed by atoms with Gasteiger partial charge in [0, 0.05) is 12.2 Å². The number of anilines is 1.